The predicted molar refractivity (Wildman–Crippen MR) is 119 cm³/mol. The van der Waals surface area contributed by atoms with Gasteiger partial charge in [0.1, 0.15) is 5.75 Å². The third-order valence-electron chi connectivity index (χ3n) is 4.72. The van der Waals surface area contributed by atoms with E-state index in [1.807, 2.05) is 82.3 Å². The number of rotatable bonds is 9. The molecular formula is C24H34N3O3+. The fourth-order valence-corrected chi connectivity index (χ4v) is 3.24. The average Bonchev–Trinajstić information content (AvgIpc) is 2.71. The number of carbonyl (C=O) groups is 2. The Morgan fingerprint density at radius 2 is 1.50 bits per heavy atom. The zero-order chi connectivity index (χ0) is 22.1. The van der Waals surface area contributed by atoms with E-state index in [1.54, 1.807) is 7.11 Å². The highest BCUT2D eigenvalue weighted by Crippen LogP contribution is 2.24. The van der Waals surface area contributed by atoms with E-state index in [2.05, 4.69) is 10.6 Å². The third kappa shape index (κ3) is 7.52. The monoisotopic (exact) mass is 412 g/mol. The number of quaternary nitrogens is 1. The van der Waals surface area contributed by atoms with Crippen molar-refractivity contribution in [3.8, 4) is 5.75 Å². The Balaban J connectivity index is 2.10. The van der Waals surface area contributed by atoms with Gasteiger partial charge in [0, 0.05) is 5.54 Å². The van der Waals surface area contributed by atoms with E-state index >= 15 is 0 Å². The van der Waals surface area contributed by atoms with Gasteiger partial charge in [0.2, 0.25) is 0 Å². The molecule has 2 rings (SSSR count). The first kappa shape index (κ1) is 23.4. The number of hydrogen-bond donors (Lipinski definition) is 3. The van der Waals surface area contributed by atoms with Crippen LogP contribution < -0.4 is 20.3 Å². The first-order chi connectivity index (χ1) is 14.2. The molecule has 162 valence electrons. The first-order valence-corrected chi connectivity index (χ1v) is 10.3. The first-order valence-electron chi connectivity index (χ1n) is 10.3. The second-order valence-electron chi connectivity index (χ2n) is 8.44. The van der Waals surface area contributed by atoms with Crippen LogP contribution in [0.15, 0.2) is 54.6 Å². The van der Waals surface area contributed by atoms with Crippen molar-refractivity contribution >= 4 is 11.8 Å². The van der Waals surface area contributed by atoms with E-state index in [0.717, 1.165) is 21.8 Å². The van der Waals surface area contributed by atoms with E-state index in [4.69, 9.17) is 4.74 Å². The van der Waals surface area contributed by atoms with Gasteiger partial charge in [-0.25, -0.2) is 0 Å². The summed E-state index contributed by atoms with van der Waals surface area (Å²) in [6, 6.07) is 17.3. The Bertz CT molecular complexity index is 814. The van der Waals surface area contributed by atoms with E-state index in [-0.39, 0.29) is 36.5 Å². The molecule has 0 aliphatic carbocycles. The zero-order valence-corrected chi connectivity index (χ0v) is 18.6. The summed E-state index contributed by atoms with van der Waals surface area (Å²) in [6.45, 7) is 9.00. The molecule has 2 aromatic carbocycles. The molecule has 3 N–H and O–H groups in total. The second-order valence-corrected chi connectivity index (χ2v) is 8.44. The lowest BCUT2D eigenvalue weighted by atomic mass is 9.98. The summed E-state index contributed by atoms with van der Waals surface area (Å²) in [5.41, 5.74) is 1.68. The molecule has 0 heterocycles. The molecular weight excluding hydrogens is 378 g/mol. The molecule has 0 bridgehead atoms. The maximum absolute atomic E-state index is 12.9. The van der Waals surface area contributed by atoms with Crippen molar-refractivity contribution in [1.82, 2.24) is 10.6 Å². The summed E-state index contributed by atoms with van der Waals surface area (Å²) in [7, 11) is 1.63. The lowest BCUT2D eigenvalue weighted by Gasteiger charge is -2.24. The third-order valence-corrected chi connectivity index (χ3v) is 4.72. The van der Waals surface area contributed by atoms with Crippen molar-refractivity contribution in [3.05, 3.63) is 65.7 Å². The Morgan fingerprint density at radius 3 is 2.03 bits per heavy atom. The van der Waals surface area contributed by atoms with Gasteiger partial charge < -0.3 is 20.3 Å². The number of likely N-dealkylation sites (N-methyl/N-ethyl adjacent to an activating group) is 1. The van der Waals surface area contributed by atoms with Crippen molar-refractivity contribution in [2.24, 2.45) is 0 Å². The van der Waals surface area contributed by atoms with Gasteiger partial charge >= 0.3 is 0 Å². The SMILES string of the molecule is CC[NH+](CC(=O)N[C@H](c1ccccc1)c1ccc(OC)cc1)CC(=O)NC(C)(C)C. The number of carbonyl (C=O) groups excluding carboxylic acids is 2. The van der Waals surface area contributed by atoms with E-state index in [1.165, 1.54) is 0 Å². The largest absolute Gasteiger partial charge is 0.497 e. The van der Waals surface area contributed by atoms with Crippen LogP contribution in [0.4, 0.5) is 0 Å². The standard InChI is InChI=1S/C24H33N3O3/c1-6-27(17-22(29)26-24(2,3)4)16-21(28)25-23(18-10-8-7-9-11-18)19-12-14-20(30-5)15-13-19/h7-15,23H,6,16-17H2,1-5H3,(H,25,28)(H,26,29)/p+1/t23-/m1/s1. The van der Waals surface area contributed by atoms with Crippen molar-refractivity contribution in [3.63, 3.8) is 0 Å². The average molecular weight is 413 g/mol. The molecule has 6 nitrogen and oxygen atoms in total. The molecule has 0 saturated heterocycles. The van der Waals surface area contributed by atoms with Crippen LogP contribution >= 0.6 is 0 Å². The lowest BCUT2D eigenvalue weighted by molar-refractivity contribution is -0.881. The fraction of sp³-hybridized carbons (Fsp3) is 0.417. The van der Waals surface area contributed by atoms with Crippen molar-refractivity contribution in [2.45, 2.75) is 39.3 Å². The minimum Gasteiger partial charge on any atom is -0.497 e. The quantitative estimate of drug-likeness (QED) is 0.587. The molecule has 2 atom stereocenters. The van der Waals surface area contributed by atoms with Crippen LogP contribution in [-0.4, -0.2) is 44.1 Å². The lowest BCUT2D eigenvalue weighted by Crippen LogP contribution is -3.14. The van der Waals surface area contributed by atoms with Crippen molar-refractivity contribution in [1.29, 1.82) is 0 Å². The van der Waals surface area contributed by atoms with Gasteiger partial charge in [-0.2, -0.15) is 0 Å². The van der Waals surface area contributed by atoms with Gasteiger partial charge in [0.05, 0.1) is 19.7 Å². The number of ether oxygens (including phenoxy) is 1. The van der Waals surface area contributed by atoms with E-state index in [0.29, 0.717) is 6.54 Å². The highest BCUT2D eigenvalue weighted by molar-refractivity contribution is 5.79. The van der Waals surface area contributed by atoms with Gasteiger partial charge in [-0.15, -0.1) is 0 Å². The van der Waals surface area contributed by atoms with Gasteiger partial charge in [-0.05, 0) is 51.0 Å². The van der Waals surface area contributed by atoms with Gasteiger partial charge in [0.25, 0.3) is 11.8 Å². The Labute approximate surface area is 179 Å². The van der Waals surface area contributed by atoms with Crippen molar-refractivity contribution < 1.29 is 19.2 Å². The zero-order valence-electron chi connectivity index (χ0n) is 18.6. The van der Waals surface area contributed by atoms with Gasteiger partial charge in [-0.3, -0.25) is 9.59 Å². The van der Waals surface area contributed by atoms with Crippen LogP contribution in [0.1, 0.15) is 44.9 Å². The molecule has 2 aromatic rings. The highest BCUT2D eigenvalue weighted by atomic mass is 16.5. The molecule has 0 aliphatic rings. The Kier molecular flexibility index (Phi) is 8.42. The smallest absolute Gasteiger partial charge is 0.275 e. The maximum atomic E-state index is 12.9. The Hall–Kier alpha value is -2.86. The number of methoxy groups -OCH3 is 1. The summed E-state index contributed by atoms with van der Waals surface area (Å²) in [6.07, 6.45) is 0. The number of nitrogens with one attached hydrogen (secondary N) is 3. The van der Waals surface area contributed by atoms with Crippen LogP contribution in [0.5, 0.6) is 5.75 Å². The Morgan fingerprint density at radius 1 is 0.933 bits per heavy atom. The molecule has 0 spiro atoms. The number of hydrogen-bond acceptors (Lipinski definition) is 3. The van der Waals surface area contributed by atoms with Crippen LogP contribution in [-0.2, 0) is 9.59 Å². The topological polar surface area (TPSA) is 71.9 Å². The minimum atomic E-state index is -0.287. The maximum Gasteiger partial charge on any atom is 0.275 e. The summed E-state index contributed by atoms with van der Waals surface area (Å²) < 4.78 is 5.25. The van der Waals surface area contributed by atoms with E-state index < -0.39 is 0 Å². The highest BCUT2D eigenvalue weighted by Gasteiger charge is 2.23. The van der Waals surface area contributed by atoms with Crippen molar-refractivity contribution in [2.75, 3.05) is 26.7 Å². The molecule has 6 heteroatoms. The normalized spacial score (nSPS) is 13.2. The molecule has 0 fully saturated rings. The molecule has 0 saturated carbocycles. The fourth-order valence-electron chi connectivity index (χ4n) is 3.24. The number of amides is 2. The molecule has 0 radical (unpaired) electrons. The summed E-state index contributed by atoms with van der Waals surface area (Å²) >= 11 is 0. The van der Waals surface area contributed by atoms with Crippen LogP contribution in [0.3, 0.4) is 0 Å². The summed E-state index contributed by atoms with van der Waals surface area (Å²) in [5.74, 6) is 0.616. The molecule has 0 aliphatic heterocycles. The molecule has 1 unspecified atom stereocenters. The number of benzene rings is 2. The predicted octanol–water partition coefficient (Wildman–Crippen LogP) is 1.72. The summed E-state index contributed by atoms with van der Waals surface area (Å²) in [4.78, 5) is 26.0. The second kappa shape index (κ2) is 10.8. The molecule has 30 heavy (non-hydrogen) atoms. The van der Waals surface area contributed by atoms with Crippen LogP contribution in [0.2, 0.25) is 0 Å². The minimum absolute atomic E-state index is 0.0538. The van der Waals surface area contributed by atoms with Gasteiger partial charge in [-0.1, -0.05) is 42.5 Å². The molecule has 2 amide bonds. The van der Waals surface area contributed by atoms with E-state index in [9.17, 15) is 9.59 Å². The van der Waals surface area contributed by atoms with Crippen LogP contribution in [0, 0.1) is 0 Å². The van der Waals surface area contributed by atoms with Crippen LogP contribution in [0.25, 0.3) is 0 Å². The molecule has 0 aromatic heterocycles. The summed E-state index contributed by atoms with van der Waals surface area (Å²) in [5, 5.41) is 6.10. The van der Waals surface area contributed by atoms with Gasteiger partial charge in [0.15, 0.2) is 13.1 Å².